The molecule has 296 valence electrons. The summed E-state index contributed by atoms with van der Waals surface area (Å²) in [4.78, 5) is 0. The second kappa shape index (κ2) is 15.2. The monoisotopic (exact) mass is 818 g/mol. The van der Waals surface area contributed by atoms with E-state index in [1.54, 1.807) is 0 Å². The van der Waals surface area contributed by atoms with Gasteiger partial charge in [0.1, 0.15) is 0 Å². The van der Waals surface area contributed by atoms with E-state index < -0.39 is 8.07 Å². The van der Waals surface area contributed by atoms with Gasteiger partial charge in [-0.3, -0.25) is 0 Å². The van der Waals surface area contributed by atoms with Gasteiger partial charge in [-0.15, -0.1) is 0 Å². The highest BCUT2D eigenvalue weighted by Gasteiger charge is 2.43. The minimum atomic E-state index is -2.98. The van der Waals surface area contributed by atoms with Crippen LogP contribution >= 0.6 is 0 Å². The quantitative estimate of drug-likeness (QED) is 0.107. The van der Waals surface area contributed by atoms with Gasteiger partial charge in [0, 0.05) is 27.1 Å². The first-order valence-corrected chi connectivity index (χ1v) is 23.8. The summed E-state index contributed by atoms with van der Waals surface area (Å²) in [6, 6.07) is 94.3. The maximum absolute atomic E-state index is 2.98. The number of para-hydroxylation sites is 5. The van der Waals surface area contributed by atoms with Crippen molar-refractivity contribution < 1.29 is 0 Å². The van der Waals surface area contributed by atoms with Crippen molar-refractivity contribution in [1.29, 1.82) is 0 Å². The van der Waals surface area contributed by atoms with Crippen molar-refractivity contribution in [2.45, 2.75) is 0 Å². The first kappa shape index (κ1) is 36.8. The lowest BCUT2D eigenvalue weighted by Gasteiger charge is -2.35. The lowest BCUT2D eigenvalue weighted by molar-refractivity contribution is 1.13. The number of nitrogens with zero attached hydrogens (tertiary/aromatic N) is 2. The first-order chi connectivity index (χ1) is 31.3. The van der Waals surface area contributed by atoms with E-state index in [0.29, 0.717) is 0 Å². The fraction of sp³-hybridized carbons (Fsp3) is 0. The zero-order valence-corrected chi connectivity index (χ0v) is 35.6. The fourth-order valence-corrected chi connectivity index (χ4v) is 15.4. The molecule has 2 nitrogen and oxygen atoms in total. The molecule has 0 unspecified atom stereocenters. The SMILES string of the molecule is c1ccc(-c2ccc(-c3ccccc3-n3c4ccccc4c4cccc(-n5c6ccccc6c6cccc([Si](c7ccccc7)(c7ccccc7)c7ccccc7)c65)c43)cc2)cc1. The molecular formula is C60H42N2Si. The molecule has 0 aliphatic rings. The van der Waals surface area contributed by atoms with Gasteiger partial charge in [-0.2, -0.15) is 0 Å². The summed E-state index contributed by atoms with van der Waals surface area (Å²) in [5.74, 6) is 0. The van der Waals surface area contributed by atoms with Crippen LogP contribution in [-0.2, 0) is 0 Å². The lowest BCUT2D eigenvalue weighted by Crippen LogP contribution is -2.75. The third kappa shape index (κ3) is 5.78. The summed E-state index contributed by atoms with van der Waals surface area (Å²) in [6.45, 7) is 0. The molecule has 0 N–H and O–H groups in total. The average Bonchev–Trinajstić information content (AvgIpc) is 3.89. The Morgan fingerprint density at radius 1 is 0.254 bits per heavy atom. The van der Waals surface area contributed by atoms with E-state index in [4.69, 9.17) is 0 Å². The molecule has 0 aliphatic heterocycles. The van der Waals surface area contributed by atoms with Crippen LogP contribution in [0.5, 0.6) is 0 Å². The second-order valence-electron chi connectivity index (χ2n) is 16.4. The third-order valence-corrected chi connectivity index (χ3v) is 17.9. The number of rotatable bonds is 8. The maximum Gasteiger partial charge on any atom is 0.181 e. The van der Waals surface area contributed by atoms with Gasteiger partial charge in [0.25, 0.3) is 0 Å². The van der Waals surface area contributed by atoms with Crippen LogP contribution in [0.25, 0.3) is 77.2 Å². The van der Waals surface area contributed by atoms with Gasteiger partial charge in [0.05, 0.1) is 33.4 Å². The number of aromatic nitrogens is 2. The molecule has 0 radical (unpaired) electrons. The van der Waals surface area contributed by atoms with Crippen molar-refractivity contribution in [2.24, 2.45) is 0 Å². The Kier molecular flexibility index (Phi) is 8.87. The third-order valence-electron chi connectivity index (χ3n) is 13.1. The van der Waals surface area contributed by atoms with Crippen LogP contribution in [0.3, 0.4) is 0 Å². The number of benzene rings is 10. The molecule has 0 aliphatic carbocycles. The van der Waals surface area contributed by atoms with E-state index in [1.807, 2.05) is 0 Å². The Balaban J connectivity index is 1.21. The van der Waals surface area contributed by atoms with E-state index in [0.717, 1.165) is 11.4 Å². The standard InChI is InChI=1S/C60H42N2Si/c1-5-21-43(22-6-1)44-39-41-45(42-40-44)49-29-13-16-34-54(49)61-55-35-17-14-30-50(55)52-32-19-37-57(59(52)61)62-56-36-18-15-31-51(56)53-33-20-38-58(60(53)62)63(46-23-7-2-8-24-46,47-25-9-3-10-26-47)48-27-11-4-12-28-48/h1-42H. The fourth-order valence-electron chi connectivity index (χ4n) is 10.4. The summed E-state index contributed by atoms with van der Waals surface area (Å²) in [5.41, 5.74) is 11.9. The van der Waals surface area contributed by atoms with Crippen LogP contribution < -0.4 is 20.7 Å². The summed E-state index contributed by atoms with van der Waals surface area (Å²) in [5, 5.41) is 10.4. The van der Waals surface area contributed by atoms with Crippen molar-refractivity contribution in [2.75, 3.05) is 0 Å². The Morgan fingerprint density at radius 2 is 0.651 bits per heavy atom. The number of hydrogen-bond donors (Lipinski definition) is 0. The molecule has 63 heavy (non-hydrogen) atoms. The minimum Gasteiger partial charge on any atom is -0.307 e. The van der Waals surface area contributed by atoms with Gasteiger partial charge in [-0.05, 0) is 61.7 Å². The van der Waals surface area contributed by atoms with E-state index in [2.05, 4.69) is 264 Å². The molecule has 0 atom stereocenters. The van der Waals surface area contributed by atoms with Crippen molar-refractivity contribution in [3.63, 3.8) is 0 Å². The molecule has 0 spiro atoms. The summed E-state index contributed by atoms with van der Waals surface area (Å²) in [6.07, 6.45) is 0. The highest BCUT2D eigenvalue weighted by atomic mass is 28.3. The molecule has 2 aromatic heterocycles. The molecule has 12 rings (SSSR count). The normalized spacial score (nSPS) is 11.8. The van der Waals surface area contributed by atoms with Gasteiger partial charge in [0.15, 0.2) is 8.07 Å². The molecule has 0 amide bonds. The van der Waals surface area contributed by atoms with E-state index in [9.17, 15) is 0 Å². The Morgan fingerprint density at radius 3 is 1.24 bits per heavy atom. The van der Waals surface area contributed by atoms with Crippen molar-refractivity contribution in [1.82, 2.24) is 9.13 Å². The van der Waals surface area contributed by atoms with Crippen LogP contribution in [0.1, 0.15) is 0 Å². The molecule has 0 saturated heterocycles. The average molecular weight is 819 g/mol. The second-order valence-corrected chi connectivity index (χ2v) is 20.2. The van der Waals surface area contributed by atoms with Crippen LogP contribution in [0.15, 0.2) is 255 Å². The van der Waals surface area contributed by atoms with Gasteiger partial charge in [-0.1, -0.05) is 231 Å². The number of fused-ring (bicyclic) bond motifs is 6. The summed E-state index contributed by atoms with van der Waals surface area (Å²) < 4.78 is 5.13. The molecule has 0 fully saturated rings. The minimum absolute atomic E-state index is 1.14. The Labute approximate surface area is 368 Å². The van der Waals surface area contributed by atoms with Crippen LogP contribution in [-0.4, -0.2) is 17.2 Å². The van der Waals surface area contributed by atoms with Crippen LogP contribution in [0.4, 0.5) is 0 Å². The molecular weight excluding hydrogens is 777 g/mol. The zero-order chi connectivity index (χ0) is 41.7. The van der Waals surface area contributed by atoms with E-state index in [-0.39, 0.29) is 0 Å². The molecule has 12 aromatic rings. The van der Waals surface area contributed by atoms with Crippen molar-refractivity contribution in [3.05, 3.63) is 255 Å². The predicted octanol–water partition coefficient (Wildman–Crippen LogP) is 12.6. The van der Waals surface area contributed by atoms with Crippen LogP contribution in [0, 0.1) is 0 Å². The molecule has 0 saturated carbocycles. The smallest absolute Gasteiger partial charge is 0.181 e. The first-order valence-electron chi connectivity index (χ1n) is 21.8. The predicted molar refractivity (Wildman–Crippen MR) is 270 cm³/mol. The van der Waals surface area contributed by atoms with Crippen molar-refractivity contribution in [3.8, 4) is 33.6 Å². The summed E-state index contributed by atoms with van der Waals surface area (Å²) in [7, 11) is -2.98. The van der Waals surface area contributed by atoms with Gasteiger partial charge in [-0.25, -0.2) is 0 Å². The van der Waals surface area contributed by atoms with Gasteiger partial charge >= 0.3 is 0 Å². The van der Waals surface area contributed by atoms with Crippen LogP contribution in [0.2, 0.25) is 0 Å². The zero-order valence-electron chi connectivity index (χ0n) is 34.6. The van der Waals surface area contributed by atoms with E-state index >= 15 is 0 Å². The highest BCUT2D eigenvalue weighted by molar-refractivity contribution is 7.20. The Hall–Kier alpha value is -7.98. The van der Waals surface area contributed by atoms with Crippen molar-refractivity contribution >= 4 is 72.4 Å². The Bertz CT molecular complexity index is 3490. The lowest BCUT2D eigenvalue weighted by atomic mass is 9.99. The maximum atomic E-state index is 2.60. The van der Waals surface area contributed by atoms with Gasteiger partial charge in [0.2, 0.25) is 0 Å². The number of hydrogen-bond acceptors (Lipinski definition) is 0. The van der Waals surface area contributed by atoms with Gasteiger partial charge < -0.3 is 9.13 Å². The topological polar surface area (TPSA) is 9.86 Å². The largest absolute Gasteiger partial charge is 0.307 e. The molecule has 2 heterocycles. The molecule has 10 aromatic carbocycles. The molecule has 3 heteroatoms. The molecule has 0 bridgehead atoms. The highest BCUT2D eigenvalue weighted by Crippen LogP contribution is 2.41. The van der Waals surface area contributed by atoms with E-state index in [1.165, 1.54) is 86.6 Å². The summed E-state index contributed by atoms with van der Waals surface area (Å²) >= 11 is 0.